The molecule has 0 aromatic carbocycles. The van der Waals surface area contributed by atoms with Crippen LogP contribution in [0.3, 0.4) is 0 Å². The second-order valence-electron chi connectivity index (χ2n) is 2.36. The minimum Gasteiger partial charge on any atom is -0.261 e. The molecule has 0 bridgehead atoms. The van der Waals surface area contributed by atoms with Gasteiger partial charge >= 0.3 is 0 Å². The number of hydrogen-bond donors (Lipinski definition) is 0. The highest BCUT2D eigenvalue weighted by atomic mass is 35.5. The SMILES string of the molecule is C[C](C)c1cc(Cl)ccn1. The summed E-state index contributed by atoms with van der Waals surface area (Å²) in [7, 11) is 0. The predicted molar refractivity (Wildman–Crippen MR) is 42.9 cm³/mol. The summed E-state index contributed by atoms with van der Waals surface area (Å²) < 4.78 is 0. The summed E-state index contributed by atoms with van der Waals surface area (Å²) in [6, 6.07) is 3.63. The molecule has 0 fully saturated rings. The van der Waals surface area contributed by atoms with Crippen molar-refractivity contribution >= 4 is 11.6 Å². The van der Waals surface area contributed by atoms with Crippen molar-refractivity contribution in [2.45, 2.75) is 13.8 Å². The summed E-state index contributed by atoms with van der Waals surface area (Å²) in [5.41, 5.74) is 0.965. The Hall–Kier alpha value is -0.560. The van der Waals surface area contributed by atoms with Crippen molar-refractivity contribution in [3.8, 4) is 0 Å². The molecule has 0 amide bonds. The molecule has 10 heavy (non-hydrogen) atoms. The van der Waals surface area contributed by atoms with Crippen molar-refractivity contribution in [2.24, 2.45) is 0 Å². The van der Waals surface area contributed by atoms with Crippen LogP contribution in [0.4, 0.5) is 0 Å². The van der Waals surface area contributed by atoms with E-state index in [4.69, 9.17) is 11.6 Å². The normalized spacial score (nSPS) is 10.4. The molecule has 1 nitrogen and oxygen atoms in total. The first kappa shape index (κ1) is 7.55. The van der Waals surface area contributed by atoms with Gasteiger partial charge in [0.25, 0.3) is 0 Å². The molecule has 0 N–H and O–H groups in total. The summed E-state index contributed by atoms with van der Waals surface area (Å²) >= 11 is 5.74. The molecule has 0 aliphatic heterocycles. The Bertz CT molecular complexity index is 220. The van der Waals surface area contributed by atoms with Gasteiger partial charge in [0, 0.05) is 22.8 Å². The minimum absolute atomic E-state index is 0.742. The molecule has 0 saturated heterocycles. The first-order chi connectivity index (χ1) is 4.70. The number of nitrogens with zero attached hydrogens (tertiary/aromatic N) is 1. The van der Waals surface area contributed by atoms with Crippen molar-refractivity contribution in [3.63, 3.8) is 0 Å². The van der Waals surface area contributed by atoms with E-state index < -0.39 is 0 Å². The van der Waals surface area contributed by atoms with Crippen LogP contribution in [0, 0.1) is 5.92 Å². The van der Waals surface area contributed by atoms with Gasteiger partial charge in [-0.1, -0.05) is 25.4 Å². The zero-order valence-corrected chi connectivity index (χ0v) is 6.81. The fourth-order valence-electron chi connectivity index (χ4n) is 0.678. The maximum absolute atomic E-state index is 5.74. The van der Waals surface area contributed by atoms with Gasteiger partial charge in [-0.25, -0.2) is 0 Å². The van der Waals surface area contributed by atoms with E-state index in [2.05, 4.69) is 4.98 Å². The summed E-state index contributed by atoms with van der Waals surface area (Å²) in [6.07, 6.45) is 1.71. The van der Waals surface area contributed by atoms with Crippen molar-refractivity contribution in [1.29, 1.82) is 0 Å². The van der Waals surface area contributed by atoms with Gasteiger partial charge in [-0.3, -0.25) is 4.98 Å². The van der Waals surface area contributed by atoms with Crippen molar-refractivity contribution in [3.05, 3.63) is 35.0 Å². The van der Waals surface area contributed by atoms with E-state index in [1.807, 2.05) is 19.9 Å². The van der Waals surface area contributed by atoms with Gasteiger partial charge in [0.1, 0.15) is 0 Å². The second-order valence-corrected chi connectivity index (χ2v) is 2.80. The van der Waals surface area contributed by atoms with Gasteiger partial charge in [0.05, 0.1) is 0 Å². The lowest BCUT2D eigenvalue weighted by molar-refractivity contribution is 1.06. The molecule has 0 spiro atoms. The summed E-state index contributed by atoms with van der Waals surface area (Å²) in [5, 5.41) is 0.742. The van der Waals surface area contributed by atoms with Gasteiger partial charge in [-0.05, 0) is 12.1 Å². The Labute approximate surface area is 66.0 Å². The Morgan fingerprint density at radius 2 is 2.20 bits per heavy atom. The predicted octanol–water partition coefficient (Wildman–Crippen LogP) is 2.70. The number of pyridine rings is 1. The molecule has 0 aliphatic rings. The van der Waals surface area contributed by atoms with E-state index in [9.17, 15) is 0 Å². The summed E-state index contributed by atoms with van der Waals surface area (Å²) in [6.45, 7) is 4.03. The van der Waals surface area contributed by atoms with Crippen LogP contribution in [0.1, 0.15) is 19.5 Å². The third-order valence-corrected chi connectivity index (χ3v) is 1.47. The van der Waals surface area contributed by atoms with Crippen LogP contribution in [0.5, 0.6) is 0 Å². The second kappa shape index (κ2) is 3.02. The van der Waals surface area contributed by atoms with Crippen LogP contribution < -0.4 is 0 Å². The molecule has 0 saturated carbocycles. The first-order valence-electron chi connectivity index (χ1n) is 3.12. The van der Waals surface area contributed by atoms with Gasteiger partial charge in [-0.15, -0.1) is 0 Å². The Morgan fingerprint density at radius 3 is 2.60 bits per heavy atom. The van der Waals surface area contributed by atoms with E-state index in [1.165, 1.54) is 5.92 Å². The Morgan fingerprint density at radius 1 is 1.50 bits per heavy atom. The summed E-state index contributed by atoms with van der Waals surface area (Å²) in [4.78, 5) is 4.12. The van der Waals surface area contributed by atoms with Gasteiger partial charge in [-0.2, -0.15) is 0 Å². The number of halogens is 1. The zero-order chi connectivity index (χ0) is 7.56. The number of hydrogen-bond acceptors (Lipinski definition) is 1. The van der Waals surface area contributed by atoms with E-state index in [0.29, 0.717) is 0 Å². The van der Waals surface area contributed by atoms with E-state index in [0.717, 1.165) is 10.7 Å². The molecule has 1 radical (unpaired) electrons. The van der Waals surface area contributed by atoms with Crippen LogP contribution in [0.2, 0.25) is 5.02 Å². The highest BCUT2D eigenvalue weighted by Crippen LogP contribution is 2.14. The number of aromatic nitrogens is 1. The summed E-state index contributed by atoms with van der Waals surface area (Å²) in [5.74, 6) is 1.18. The molecule has 2 heteroatoms. The van der Waals surface area contributed by atoms with E-state index in [-0.39, 0.29) is 0 Å². The zero-order valence-electron chi connectivity index (χ0n) is 6.06. The molecule has 1 aromatic rings. The van der Waals surface area contributed by atoms with Crippen LogP contribution >= 0.6 is 11.6 Å². The molecule has 53 valence electrons. The van der Waals surface area contributed by atoms with Gasteiger partial charge in [0.15, 0.2) is 0 Å². The van der Waals surface area contributed by atoms with Gasteiger partial charge in [0.2, 0.25) is 0 Å². The van der Waals surface area contributed by atoms with Crippen LogP contribution in [-0.2, 0) is 0 Å². The number of rotatable bonds is 1. The van der Waals surface area contributed by atoms with E-state index >= 15 is 0 Å². The standard InChI is InChI=1S/C8H9ClN/c1-6(2)8-5-7(9)3-4-10-8/h3-5H,1-2H3. The van der Waals surface area contributed by atoms with Crippen molar-refractivity contribution < 1.29 is 0 Å². The smallest absolute Gasteiger partial charge is 0.0483 e. The molecular weight excluding hydrogens is 146 g/mol. The molecule has 0 unspecified atom stereocenters. The Balaban J connectivity index is 2.96. The fourth-order valence-corrected chi connectivity index (χ4v) is 0.838. The van der Waals surface area contributed by atoms with Crippen LogP contribution in [0.25, 0.3) is 0 Å². The average Bonchev–Trinajstić information content (AvgIpc) is 1.88. The third kappa shape index (κ3) is 1.71. The van der Waals surface area contributed by atoms with E-state index in [1.54, 1.807) is 12.3 Å². The first-order valence-corrected chi connectivity index (χ1v) is 3.50. The molecule has 1 aromatic heterocycles. The average molecular weight is 155 g/mol. The lowest BCUT2D eigenvalue weighted by Gasteiger charge is -2.01. The maximum Gasteiger partial charge on any atom is 0.0483 e. The lowest BCUT2D eigenvalue weighted by atomic mass is 10.1. The minimum atomic E-state index is 0.742. The molecule has 1 heterocycles. The molecule has 1 rings (SSSR count). The van der Waals surface area contributed by atoms with Crippen molar-refractivity contribution in [2.75, 3.05) is 0 Å². The molecule has 0 aliphatic carbocycles. The fraction of sp³-hybridized carbons (Fsp3) is 0.250. The highest BCUT2D eigenvalue weighted by Gasteiger charge is 1.99. The lowest BCUT2D eigenvalue weighted by Crippen LogP contribution is -1.90. The van der Waals surface area contributed by atoms with Gasteiger partial charge < -0.3 is 0 Å². The van der Waals surface area contributed by atoms with Crippen LogP contribution in [0.15, 0.2) is 18.3 Å². The monoisotopic (exact) mass is 154 g/mol. The quantitative estimate of drug-likeness (QED) is 0.606. The highest BCUT2D eigenvalue weighted by molar-refractivity contribution is 6.30. The topological polar surface area (TPSA) is 12.9 Å². The third-order valence-electron chi connectivity index (χ3n) is 1.23. The largest absolute Gasteiger partial charge is 0.261 e. The molecule has 0 atom stereocenters. The van der Waals surface area contributed by atoms with Crippen molar-refractivity contribution in [1.82, 2.24) is 4.98 Å². The van der Waals surface area contributed by atoms with Crippen LogP contribution in [-0.4, -0.2) is 4.98 Å². The maximum atomic E-state index is 5.74. The Kier molecular flexibility index (Phi) is 2.28. The molecular formula is C8H9ClN.